The van der Waals surface area contributed by atoms with Gasteiger partial charge in [0.05, 0.1) is 7.11 Å². The zero-order valence-corrected chi connectivity index (χ0v) is 8.16. The van der Waals surface area contributed by atoms with Gasteiger partial charge in [0, 0.05) is 5.92 Å². The highest BCUT2D eigenvalue weighted by molar-refractivity contribution is 5.31. The Bertz CT molecular complexity index is 278. The second kappa shape index (κ2) is 2.98. The number of ether oxygens (including phenoxy) is 3. The van der Waals surface area contributed by atoms with Gasteiger partial charge in [-0.05, 0) is 12.0 Å². The Balaban J connectivity index is 2.40. The van der Waals surface area contributed by atoms with Crippen molar-refractivity contribution >= 4 is 0 Å². The van der Waals surface area contributed by atoms with Crippen molar-refractivity contribution in [1.82, 2.24) is 0 Å². The quantitative estimate of drug-likeness (QED) is 0.621. The van der Waals surface area contributed by atoms with Crippen LogP contribution in [0.2, 0.25) is 0 Å². The summed E-state index contributed by atoms with van der Waals surface area (Å²) in [6.07, 6.45) is 2.09. The average molecular weight is 182 g/mol. The highest BCUT2D eigenvalue weighted by Gasteiger charge is 2.32. The average Bonchev–Trinajstić information content (AvgIpc) is 2.54. The lowest BCUT2D eigenvalue weighted by atomic mass is 9.88. The van der Waals surface area contributed by atoms with Crippen LogP contribution in [0, 0.1) is 11.8 Å². The van der Waals surface area contributed by atoms with Crippen molar-refractivity contribution in [2.75, 3.05) is 13.9 Å². The SMILES string of the molecule is COC1=C2OCOC2=CC(C)C1C. The predicted molar refractivity (Wildman–Crippen MR) is 47.5 cm³/mol. The fourth-order valence-electron chi connectivity index (χ4n) is 1.71. The van der Waals surface area contributed by atoms with Crippen LogP contribution in [0.5, 0.6) is 0 Å². The molecule has 0 radical (unpaired) electrons. The molecule has 3 nitrogen and oxygen atoms in total. The molecule has 0 aromatic rings. The van der Waals surface area contributed by atoms with Crippen molar-refractivity contribution in [3.8, 4) is 0 Å². The highest BCUT2D eigenvalue weighted by Crippen LogP contribution is 2.37. The lowest BCUT2D eigenvalue weighted by molar-refractivity contribution is 0.0921. The van der Waals surface area contributed by atoms with Gasteiger partial charge in [0.15, 0.2) is 5.76 Å². The summed E-state index contributed by atoms with van der Waals surface area (Å²) in [4.78, 5) is 0. The molecule has 1 fully saturated rings. The minimum absolute atomic E-state index is 0.313. The smallest absolute Gasteiger partial charge is 0.231 e. The van der Waals surface area contributed by atoms with Gasteiger partial charge in [0.25, 0.3) is 0 Å². The van der Waals surface area contributed by atoms with Crippen LogP contribution >= 0.6 is 0 Å². The van der Waals surface area contributed by atoms with E-state index in [1.807, 2.05) is 0 Å². The van der Waals surface area contributed by atoms with Crippen LogP contribution in [0.15, 0.2) is 23.4 Å². The van der Waals surface area contributed by atoms with Crippen LogP contribution in [-0.4, -0.2) is 13.9 Å². The molecular weight excluding hydrogens is 168 g/mol. The van der Waals surface area contributed by atoms with Gasteiger partial charge in [-0.15, -0.1) is 0 Å². The van der Waals surface area contributed by atoms with Crippen molar-refractivity contribution in [3.63, 3.8) is 0 Å². The highest BCUT2D eigenvalue weighted by atomic mass is 16.7. The van der Waals surface area contributed by atoms with E-state index in [2.05, 4.69) is 19.9 Å². The Morgan fingerprint density at radius 1 is 1.38 bits per heavy atom. The van der Waals surface area contributed by atoms with E-state index in [-0.39, 0.29) is 0 Å². The number of allylic oxidation sites excluding steroid dienone is 2. The van der Waals surface area contributed by atoms with Gasteiger partial charge in [-0.2, -0.15) is 0 Å². The third-order valence-electron chi connectivity index (χ3n) is 2.70. The lowest BCUT2D eigenvalue weighted by Gasteiger charge is -2.24. The molecule has 0 aromatic heterocycles. The fraction of sp³-hybridized carbons (Fsp3) is 0.600. The van der Waals surface area contributed by atoms with E-state index >= 15 is 0 Å². The molecular formula is C10H14O3. The summed E-state index contributed by atoms with van der Waals surface area (Å²) in [6.45, 7) is 4.59. The van der Waals surface area contributed by atoms with Gasteiger partial charge in [0.1, 0.15) is 5.76 Å². The van der Waals surface area contributed by atoms with E-state index in [0.717, 1.165) is 17.3 Å². The Hall–Kier alpha value is -1.12. The maximum atomic E-state index is 5.34. The molecule has 1 aliphatic carbocycles. The maximum Gasteiger partial charge on any atom is 0.231 e. The van der Waals surface area contributed by atoms with Gasteiger partial charge in [-0.1, -0.05) is 13.8 Å². The Labute approximate surface area is 78.0 Å². The summed E-state index contributed by atoms with van der Waals surface area (Å²) in [5.41, 5.74) is 0. The summed E-state index contributed by atoms with van der Waals surface area (Å²) in [7, 11) is 1.68. The second-order valence-corrected chi connectivity index (χ2v) is 3.48. The molecule has 0 amide bonds. The van der Waals surface area contributed by atoms with Gasteiger partial charge in [-0.25, -0.2) is 0 Å². The van der Waals surface area contributed by atoms with E-state index < -0.39 is 0 Å². The van der Waals surface area contributed by atoms with Crippen LogP contribution in [-0.2, 0) is 14.2 Å². The molecule has 1 heterocycles. The normalized spacial score (nSPS) is 31.8. The number of hydrogen-bond donors (Lipinski definition) is 0. The van der Waals surface area contributed by atoms with E-state index in [1.54, 1.807) is 7.11 Å². The Morgan fingerprint density at radius 2 is 2.15 bits per heavy atom. The largest absolute Gasteiger partial charge is 0.497 e. The predicted octanol–water partition coefficient (Wildman–Crippen LogP) is 2.02. The molecule has 2 unspecified atom stereocenters. The molecule has 0 spiro atoms. The molecule has 1 saturated heterocycles. The molecule has 3 heteroatoms. The van der Waals surface area contributed by atoms with Crippen molar-refractivity contribution in [3.05, 3.63) is 23.4 Å². The summed E-state index contributed by atoms with van der Waals surface area (Å²) < 4.78 is 16.0. The first-order valence-electron chi connectivity index (χ1n) is 4.50. The molecule has 2 atom stereocenters. The zero-order chi connectivity index (χ0) is 9.42. The van der Waals surface area contributed by atoms with Crippen LogP contribution < -0.4 is 0 Å². The Kier molecular flexibility index (Phi) is 1.94. The van der Waals surface area contributed by atoms with Gasteiger partial charge in [0.2, 0.25) is 12.6 Å². The minimum atomic E-state index is 0.313. The molecule has 0 saturated carbocycles. The van der Waals surface area contributed by atoms with Crippen molar-refractivity contribution < 1.29 is 14.2 Å². The van der Waals surface area contributed by atoms with E-state index in [0.29, 0.717) is 18.6 Å². The number of rotatable bonds is 1. The van der Waals surface area contributed by atoms with E-state index in [1.165, 1.54) is 0 Å². The molecule has 0 aromatic carbocycles. The van der Waals surface area contributed by atoms with E-state index in [9.17, 15) is 0 Å². The third kappa shape index (κ3) is 1.19. The molecule has 13 heavy (non-hydrogen) atoms. The van der Waals surface area contributed by atoms with Crippen LogP contribution in [0.25, 0.3) is 0 Å². The third-order valence-corrected chi connectivity index (χ3v) is 2.70. The summed E-state index contributed by atoms with van der Waals surface area (Å²) >= 11 is 0. The van der Waals surface area contributed by atoms with Crippen molar-refractivity contribution in [2.45, 2.75) is 13.8 Å². The maximum absolute atomic E-state index is 5.34. The summed E-state index contributed by atoms with van der Waals surface area (Å²) in [6, 6.07) is 0. The standard InChI is InChI=1S/C10H14O3/c1-6-4-8-10(13-5-12-8)9(11-3)7(6)2/h4,6-7H,5H2,1-3H3. The first-order chi connectivity index (χ1) is 6.24. The van der Waals surface area contributed by atoms with Gasteiger partial charge in [-0.3, -0.25) is 0 Å². The molecule has 72 valence electrons. The van der Waals surface area contributed by atoms with Crippen molar-refractivity contribution in [1.29, 1.82) is 0 Å². The van der Waals surface area contributed by atoms with E-state index in [4.69, 9.17) is 14.2 Å². The number of fused-ring (bicyclic) bond motifs is 1. The first-order valence-corrected chi connectivity index (χ1v) is 4.50. The van der Waals surface area contributed by atoms with Crippen molar-refractivity contribution in [2.24, 2.45) is 11.8 Å². The summed E-state index contributed by atoms with van der Waals surface area (Å²) in [5, 5.41) is 0. The second-order valence-electron chi connectivity index (χ2n) is 3.48. The van der Waals surface area contributed by atoms with Crippen LogP contribution in [0.4, 0.5) is 0 Å². The topological polar surface area (TPSA) is 27.7 Å². The molecule has 2 aliphatic rings. The minimum Gasteiger partial charge on any atom is -0.497 e. The molecule has 2 rings (SSSR count). The zero-order valence-electron chi connectivity index (χ0n) is 8.16. The van der Waals surface area contributed by atoms with Gasteiger partial charge < -0.3 is 14.2 Å². The first kappa shape index (κ1) is 8.48. The van der Waals surface area contributed by atoms with Crippen LogP contribution in [0.1, 0.15) is 13.8 Å². The summed E-state index contributed by atoms with van der Waals surface area (Å²) in [5.74, 6) is 3.33. The number of methoxy groups -OCH3 is 1. The fourth-order valence-corrected chi connectivity index (χ4v) is 1.71. The lowest BCUT2D eigenvalue weighted by Crippen LogP contribution is -2.17. The monoisotopic (exact) mass is 182 g/mol. The van der Waals surface area contributed by atoms with Gasteiger partial charge >= 0.3 is 0 Å². The Morgan fingerprint density at radius 3 is 2.85 bits per heavy atom. The molecule has 1 aliphatic heterocycles. The molecule has 0 N–H and O–H groups in total. The molecule has 0 bridgehead atoms. The number of hydrogen-bond acceptors (Lipinski definition) is 3. The van der Waals surface area contributed by atoms with Crippen LogP contribution in [0.3, 0.4) is 0 Å².